The van der Waals surface area contributed by atoms with Gasteiger partial charge in [0.1, 0.15) is 0 Å². The number of carbonyl (C=O) groups excluding carboxylic acids is 1. The summed E-state index contributed by atoms with van der Waals surface area (Å²) >= 11 is 5.87. The van der Waals surface area contributed by atoms with Crippen LogP contribution in [0.2, 0.25) is 5.02 Å². The first kappa shape index (κ1) is 12.4. The summed E-state index contributed by atoms with van der Waals surface area (Å²) in [5.41, 5.74) is 1.18. The minimum Gasteiger partial charge on any atom is -0.355 e. The second-order valence-corrected chi connectivity index (χ2v) is 4.75. The molecule has 1 aliphatic heterocycles. The van der Waals surface area contributed by atoms with Gasteiger partial charge >= 0.3 is 0 Å². The van der Waals surface area contributed by atoms with E-state index < -0.39 is 0 Å². The Morgan fingerprint density at radius 3 is 2.71 bits per heavy atom. The average Bonchev–Trinajstić information content (AvgIpc) is 2.73. The lowest BCUT2D eigenvalue weighted by molar-refractivity contribution is -0.121. The number of amides is 1. The number of hydrogen-bond acceptors (Lipinski definition) is 2. The minimum atomic E-state index is -0.0596. The fraction of sp³-hybridized carbons (Fsp3) is 0.462. The molecule has 1 aromatic rings. The number of hydrogen-bond donors (Lipinski definition) is 2. The molecule has 0 aromatic heterocycles. The van der Waals surface area contributed by atoms with E-state index in [9.17, 15) is 4.79 Å². The van der Waals surface area contributed by atoms with Crippen molar-refractivity contribution in [3.63, 3.8) is 0 Å². The topological polar surface area (TPSA) is 41.1 Å². The summed E-state index contributed by atoms with van der Waals surface area (Å²) in [6.07, 6.45) is 1.81. The van der Waals surface area contributed by atoms with Gasteiger partial charge in [-0.15, -0.1) is 0 Å². The summed E-state index contributed by atoms with van der Waals surface area (Å²) in [6.45, 7) is 2.88. The number of nitrogens with one attached hydrogen (secondary N) is 2. The van der Waals surface area contributed by atoms with Gasteiger partial charge < -0.3 is 5.32 Å². The van der Waals surface area contributed by atoms with E-state index in [0.717, 1.165) is 24.4 Å². The molecule has 1 aromatic carbocycles. The standard InChI is InChI=1S/C13H17ClN2O/c1-2-11(9-3-5-10(14)6-4-9)16-12-7-8-15-13(12)17/h3-6,11-12,16H,2,7-8H2,1H3,(H,15,17)/t11-,12+/m1/s1. The number of carbonyl (C=O) groups is 1. The fourth-order valence-electron chi connectivity index (χ4n) is 2.14. The third kappa shape index (κ3) is 2.99. The van der Waals surface area contributed by atoms with Crippen LogP contribution in [0.25, 0.3) is 0 Å². The van der Waals surface area contributed by atoms with Gasteiger partial charge in [0, 0.05) is 17.6 Å². The quantitative estimate of drug-likeness (QED) is 0.863. The Bertz CT molecular complexity index is 391. The predicted molar refractivity (Wildman–Crippen MR) is 69.0 cm³/mol. The van der Waals surface area contributed by atoms with Gasteiger partial charge in [-0.25, -0.2) is 0 Å². The van der Waals surface area contributed by atoms with Crippen LogP contribution in [-0.2, 0) is 4.79 Å². The molecule has 1 fully saturated rings. The predicted octanol–water partition coefficient (Wildman–Crippen LogP) is 2.27. The normalized spacial score (nSPS) is 21.3. The first-order chi connectivity index (χ1) is 8.20. The maximum atomic E-state index is 11.5. The van der Waals surface area contributed by atoms with E-state index in [1.54, 1.807) is 0 Å². The third-order valence-corrected chi connectivity index (χ3v) is 3.38. The van der Waals surface area contributed by atoms with Crippen molar-refractivity contribution in [1.82, 2.24) is 10.6 Å². The maximum Gasteiger partial charge on any atom is 0.237 e. The zero-order valence-electron chi connectivity index (χ0n) is 9.87. The monoisotopic (exact) mass is 252 g/mol. The molecular weight excluding hydrogens is 236 g/mol. The Morgan fingerprint density at radius 2 is 2.18 bits per heavy atom. The van der Waals surface area contributed by atoms with Gasteiger partial charge in [0.25, 0.3) is 0 Å². The molecule has 92 valence electrons. The molecule has 0 unspecified atom stereocenters. The molecule has 1 saturated heterocycles. The molecule has 1 heterocycles. The van der Waals surface area contributed by atoms with Gasteiger partial charge in [0.05, 0.1) is 6.04 Å². The molecule has 0 aliphatic carbocycles. The highest BCUT2D eigenvalue weighted by Gasteiger charge is 2.26. The van der Waals surface area contributed by atoms with Crippen molar-refractivity contribution >= 4 is 17.5 Å². The molecular formula is C13H17ClN2O. The molecule has 0 saturated carbocycles. The molecule has 0 spiro atoms. The lowest BCUT2D eigenvalue weighted by Crippen LogP contribution is -2.38. The van der Waals surface area contributed by atoms with Crippen LogP contribution in [0.3, 0.4) is 0 Å². The van der Waals surface area contributed by atoms with Gasteiger partial charge in [-0.05, 0) is 30.5 Å². The van der Waals surface area contributed by atoms with Crippen LogP contribution in [0.15, 0.2) is 24.3 Å². The van der Waals surface area contributed by atoms with E-state index in [1.165, 1.54) is 5.56 Å². The van der Waals surface area contributed by atoms with Crippen molar-refractivity contribution in [2.75, 3.05) is 6.54 Å². The molecule has 0 bridgehead atoms. The lowest BCUT2D eigenvalue weighted by atomic mass is 10.0. The summed E-state index contributed by atoms with van der Waals surface area (Å²) in [6, 6.07) is 7.94. The number of rotatable bonds is 4. The average molecular weight is 253 g/mol. The van der Waals surface area contributed by atoms with Crippen molar-refractivity contribution in [3.05, 3.63) is 34.9 Å². The third-order valence-electron chi connectivity index (χ3n) is 3.13. The summed E-state index contributed by atoms with van der Waals surface area (Å²) < 4.78 is 0. The van der Waals surface area contributed by atoms with Crippen molar-refractivity contribution in [3.8, 4) is 0 Å². The smallest absolute Gasteiger partial charge is 0.237 e. The Hall–Kier alpha value is -1.06. The summed E-state index contributed by atoms with van der Waals surface area (Å²) in [7, 11) is 0. The zero-order chi connectivity index (χ0) is 12.3. The Labute approximate surface area is 107 Å². The lowest BCUT2D eigenvalue weighted by Gasteiger charge is -2.20. The second-order valence-electron chi connectivity index (χ2n) is 4.31. The highest BCUT2D eigenvalue weighted by molar-refractivity contribution is 6.30. The fourth-order valence-corrected chi connectivity index (χ4v) is 2.27. The molecule has 2 N–H and O–H groups in total. The number of benzene rings is 1. The zero-order valence-corrected chi connectivity index (χ0v) is 10.6. The van der Waals surface area contributed by atoms with Gasteiger partial charge in [-0.1, -0.05) is 30.7 Å². The Morgan fingerprint density at radius 1 is 1.47 bits per heavy atom. The van der Waals surface area contributed by atoms with Crippen molar-refractivity contribution < 1.29 is 4.79 Å². The number of halogens is 1. The Kier molecular flexibility index (Phi) is 4.02. The minimum absolute atomic E-state index is 0.0596. The van der Waals surface area contributed by atoms with E-state index >= 15 is 0 Å². The first-order valence-electron chi connectivity index (χ1n) is 6.00. The van der Waals surface area contributed by atoms with E-state index in [2.05, 4.69) is 17.6 Å². The molecule has 2 atom stereocenters. The molecule has 4 heteroatoms. The van der Waals surface area contributed by atoms with Gasteiger partial charge in [0.2, 0.25) is 5.91 Å². The summed E-state index contributed by atoms with van der Waals surface area (Å²) in [5.74, 6) is 0.109. The van der Waals surface area contributed by atoms with E-state index in [1.807, 2.05) is 24.3 Å². The summed E-state index contributed by atoms with van der Waals surface area (Å²) in [5, 5.41) is 6.97. The van der Waals surface area contributed by atoms with Crippen LogP contribution in [-0.4, -0.2) is 18.5 Å². The van der Waals surface area contributed by atoms with Crippen LogP contribution < -0.4 is 10.6 Å². The highest BCUT2D eigenvalue weighted by Crippen LogP contribution is 2.20. The molecule has 0 radical (unpaired) electrons. The van der Waals surface area contributed by atoms with Crippen LogP contribution in [0.5, 0.6) is 0 Å². The highest BCUT2D eigenvalue weighted by atomic mass is 35.5. The van der Waals surface area contributed by atoms with E-state index in [0.29, 0.717) is 0 Å². The molecule has 2 rings (SSSR count). The SMILES string of the molecule is CC[C@@H](N[C@H]1CCNC1=O)c1ccc(Cl)cc1. The maximum absolute atomic E-state index is 11.5. The molecule has 3 nitrogen and oxygen atoms in total. The second kappa shape index (κ2) is 5.52. The van der Waals surface area contributed by atoms with Crippen LogP contribution in [0, 0.1) is 0 Å². The van der Waals surface area contributed by atoms with Gasteiger partial charge in [-0.3, -0.25) is 10.1 Å². The van der Waals surface area contributed by atoms with Crippen molar-refractivity contribution in [1.29, 1.82) is 0 Å². The van der Waals surface area contributed by atoms with Crippen molar-refractivity contribution in [2.24, 2.45) is 0 Å². The van der Waals surface area contributed by atoms with E-state index in [4.69, 9.17) is 11.6 Å². The molecule has 17 heavy (non-hydrogen) atoms. The largest absolute Gasteiger partial charge is 0.355 e. The van der Waals surface area contributed by atoms with Crippen LogP contribution in [0.1, 0.15) is 31.4 Å². The molecule has 1 amide bonds. The van der Waals surface area contributed by atoms with Gasteiger partial charge in [0.15, 0.2) is 0 Å². The Balaban J connectivity index is 2.05. The van der Waals surface area contributed by atoms with Crippen LogP contribution >= 0.6 is 11.6 Å². The first-order valence-corrected chi connectivity index (χ1v) is 6.37. The molecule has 1 aliphatic rings. The van der Waals surface area contributed by atoms with Crippen LogP contribution in [0.4, 0.5) is 0 Å². The van der Waals surface area contributed by atoms with E-state index in [-0.39, 0.29) is 18.0 Å². The van der Waals surface area contributed by atoms with Crippen molar-refractivity contribution in [2.45, 2.75) is 31.8 Å². The summed E-state index contributed by atoms with van der Waals surface area (Å²) in [4.78, 5) is 11.5. The van der Waals surface area contributed by atoms with Gasteiger partial charge in [-0.2, -0.15) is 0 Å².